The molecule has 2 rings (SSSR count). The summed E-state index contributed by atoms with van der Waals surface area (Å²) in [5.74, 6) is 0.383. The lowest BCUT2D eigenvalue weighted by molar-refractivity contribution is -0.111. The van der Waals surface area contributed by atoms with Gasteiger partial charge in [0, 0.05) is 16.2 Å². The highest BCUT2D eigenvalue weighted by molar-refractivity contribution is 9.10. The van der Waals surface area contributed by atoms with Gasteiger partial charge in [-0.05, 0) is 47.4 Å². The Labute approximate surface area is 134 Å². The third kappa shape index (κ3) is 4.87. The Bertz CT molecular complexity index is 627. The maximum absolute atomic E-state index is 11.8. The second kappa shape index (κ2) is 7.23. The number of anilines is 1. The second-order valence-electron chi connectivity index (χ2n) is 5.15. The van der Waals surface area contributed by atoms with E-state index in [4.69, 9.17) is 0 Å². The van der Waals surface area contributed by atoms with Crippen LogP contribution in [0.25, 0.3) is 6.08 Å². The number of nitrogens with one attached hydrogen (secondary N) is 1. The zero-order chi connectivity index (χ0) is 15.2. The van der Waals surface area contributed by atoms with Crippen LogP contribution in [0.5, 0.6) is 0 Å². The smallest absolute Gasteiger partial charge is 0.248 e. The molecule has 3 heteroatoms. The lowest BCUT2D eigenvalue weighted by atomic mass is 10.0. The van der Waals surface area contributed by atoms with E-state index in [0.717, 1.165) is 15.7 Å². The van der Waals surface area contributed by atoms with E-state index >= 15 is 0 Å². The summed E-state index contributed by atoms with van der Waals surface area (Å²) in [6.45, 7) is 4.33. The highest BCUT2D eigenvalue weighted by Crippen LogP contribution is 2.16. The first kappa shape index (κ1) is 15.5. The maximum Gasteiger partial charge on any atom is 0.248 e. The molecule has 0 radical (unpaired) electrons. The van der Waals surface area contributed by atoms with Crippen molar-refractivity contribution >= 4 is 33.6 Å². The van der Waals surface area contributed by atoms with Crippen LogP contribution in [-0.4, -0.2) is 5.91 Å². The summed E-state index contributed by atoms with van der Waals surface area (Å²) in [7, 11) is 0. The number of benzene rings is 2. The number of halogens is 1. The van der Waals surface area contributed by atoms with Crippen LogP contribution >= 0.6 is 15.9 Å². The van der Waals surface area contributed by atoms with Crippen molar-refractivity contribution in [3.8, 4) is 0 Å². The molecule has 0 aliphatic heterocycles. The molecule has 0 aliphatic carbocycles. The van der Waals surface area contributed by atoms with Crippen molar-refractivity contribution in [2.45, 2.75) is 19.8 Å². The minimum Gasteiger partial charge on any atom is -0.323 e. The first-order valence-electron chi connectivity index (χ1n) is 6.89. The predicted molar refractivity (Wildman–Crippen MR) is 92.3 cm³/mol. The molecule has 0 saturated carbocycles. The average molecular weight is 344 g/mol. The predicted octanol–water partition coefficient (Wildman–Crippen LogP) is 5.22. The van der Waals surface area contributed by atoms with E-state index in [-0.39, 0.29) is 5.91 Å². The summed E-state index contributed by atoms with van der Waals surface area (Å²) < 4.78 is 0.987. The molecule has 2 aromatic rings. The molecule has 0 atom stereocenters. The Morgan fingerprint density at radius 1 is 1.05 bits per heavy atom. The molecule has 2 aromatic carbocycles. The fraction of sp³-hybridized carbons (Fsp3) is 0.167. The van der Waals surface area contributed by atoms with Crippen LogP contribution in [0.15, 0.2) is 59.1 Å². The molecule has 108 valence electrons. The van der Waals surface area contributed by atoms with Crippen LogP contribution in [-0.2, 0) is 4.79 Å². The third-order valence-electron chi connectivity index (χ3n) is 3.14. The van der Waals surface area contributed by atoms with E-state index in [1.807, 2.05) is 42.5 Å². The third-order valence-corrected chi connectivity index (χ3v) is 3.67. The van der Waals surface area contributed by atoms with Gasteiger partial charge in [-0.1, -0.05) is 54.0 Å². The van der Waals surface area contributed by atoms with Gasteiger partial charge >= 0.3 is 0 Å². The normalized spacial score (nSPS) is 11.0. The molecule has 1 amide bonds. The van der Waals surface area contributed by atoms with E-state index in [0.29, 0.717) is 5.92 Å². The van der Waals surface area contributed by atoms with E-state index in [1.165, 1.54) is 5.56 Å². The highest BCUT2D eigenvalue weighted by Gasteiger charge is 1.99. The van der Waals surface area contributed by atoms with Crippen molar-refractivity contribution in [3.05, 3.63) is 70.2 Å². The number of carbonyl (C=O) groups is 1. The Hall–Kier alpha value is -1.87. The van der Waals surface area contributed by atoms with Crippen molar-refractivity contribution in [2.24, 2.45) is 0 Å². The summed E-state index contributed by atoms with van der Waals surface area (Å²) in [5, 5.41) is 2.82. The summed E-state index contributed by atoms with van der Waals surface area (Å²) in [5.41, 5.74) is 3.10. The van der Waals surface area contributed by atoms with Gasteiger partial charge in [0.15, 0.2) is 0 Å². The maximum atomic E-state index is 11.8. The number of amides is 1. The second-order valence-corrected chi connectivity index (χ2v) is 6.07. The Balaban J connectivity index is 1.96. The van der Waals surface area contributed by atoms with Gasteiger partial charge in [-0.3, -0.25) is 4.79 Å². The molecule has 0 fully saturated rings. The van der Waals surface area contributed by atoms with Gasteiger partial charge in [-0.15, -0.1) is 0 Å². The van der Waals surface area contributed by atoms with E-state index < -0.39 is 0 Å². The van der Waals surface area contributed by atoms with Gasteiger partial charge in [0.25, 0.3) is 0 Å². The number of rotatable bonds is 4. The first-order chi connectivity index (χ1) is 10.0. The fourth-order valence-corrected chi connectivity index (χ4v) is 2.15. The first-order valence-corrected chi connectivity index (χ1v) is 7.68. The van der Waals surface area contributed by atoms with Crippen LogP contribution in [0, 0.1) is 0 Å². The van der Waals surface area contributed by atoms with Crippen molar-refractivity contribution < 1.29 is 4.79 Å². The fourth-order valence-electron chi connectivity index (χ4n) is 1.88. The topological polar surface area (TPSA) is 29.1 Å². The molecule has 0 aromatic heterocycles. The quantitative estimate of drug-likeness (QED) is 0.757. The van der Waals surface area contributed by atoms with Crippen LogP contribution in [0.3, 0.4) is 0 Å². The Kier molecular flexibility index (Phi) is 5.34. The van der Waals surface area contributed by atoms with Crippen molar-refractivity contribution in [3.63, 3.8) is 0 Å². The molecular formula is C18H18BrNO. The van der Waals surface area contributed by atoms with Gasteiger partial charge in [-0.2, -0.15) is 0 Å². The molecule has 0 heterocycles. The largest absolute Gasteiger partial charge is 0.323 e. The molecule has 1 N–H and O–H groups in total. The van der Waals surface area contributed by atoms with Crippen molar-refractivity contribution in [2.75, 3.05) is 5.32 Å². The van der Waals surface area contributed by atoms with Crippen LogP contribution in [0.2, 0.25) is 0 Å². The van der Waals surface area contributed by atoms with E-state index in [9.17, 15) is 4.79 Å². The molecule has 0 saturated heterocycles. The summed E-state index contributed by atoms with van der Waals surface area (Å²) in [6, 6.07) is 15.7. The van der Waals surface area contributed by atoms with Crippen LogP contribution < -0.4 is 5.32 Å². The van der Waals surface area contributed by atoms with Gasteiger partial charge < -0.3 is 5.32 Å². The van der Waals surface area contributed by atoms with Crippen LogP contribution in [0.1, 0.15) is 30.9 Å². The summed E-state index contributed by atoms with van der Waals surface area (Å²) in [6.07, 6.45) is 3.37. The minimum atomic E-state index is -0.134. The van der Waals surface area contributed by atoms with Gasteiger partial charge in [0.2, 0.25) is 5.91 Å². The standard InChI is InChI=1S/C18H18BrNO/c1-13(2)15-6-3-14(4-7-15)5-12-18(21)20-17-10-8-16(19)9-11-17/h3-13H,1-2H3,(H,20,21)/b12-5+. The minimum absolute atomic E-state index is 0.134. The monoisotopic (exact) mass is 343 g/mol. The van der Waals surface area contributed by atoms with Gasteiger partial charge in [-0.25, -0.2) is 0 Å². The van der Waals surface area contributed by atoms with Crippen molar-refractivity contribution in [1.82, 2.24) is 0 Å². The number of hydrogen-bond donors (Lipinski definition) is 1. The molecular weight excluding hydrogens is 326 g/mol. The molecule has 0 unspecified atom stereocenters. The molecule has 0 bridgehead atoms. The molecule has 0 spiro atoms. The Morgan fingerprint density at radius 2 is 1.67 bits per heavy atom. The highest BCUT2D eigenvalue weighted by atomic mass is 79.9. The zero-order valence-corrected chi connectivity index (χ0v) is 13.7. The molecule has 0 aliphatic rings. The number of hydrogen-bond acceptors (Lipinski definition) is 1. The van der Waals surface area contributed by atoms with E-state index in [1.54, 1.807) is 6.08 Å². The summed E-state index contributed by atoms with van der Waals surface area (Å²) in [4.78, 5) is 11.8. The van der Waals surface area contributed by atoms with Crippen molar-refractivity contribution in [1.29, 1.82) is 0 Å². The SMILES string of the molecule is CC(C)c1ccc(/C=C/C(=O)Nc2ccc(Br)cc2)cc1. The Morgan fingerprint density at radius 3 is 2.24 bits per heavy atom. The molecule has 2 nitrogen and oxygen atoms in total. The van der Waals surface area contributed by atoms with Gasteiger partial charge in [0.1, 0.15) is 0 Å². The lowest BCUT2D eigenvalue weighted by Gasteiger charge is -2.05. The van der Waals surface area contributed by atoms with Crippen LogP contribution in [0.4, 0.5) is 5.69 Å². The summed E-state index contributed by atoms with van der Waals surface area (Å²) >= 11 is 3.36. The number of carbonyl (C=O) groups excluding carboxylic acids is 1. The molecule has 21 heavy (non-hydrogen) atoms. The average Bonchev–Trinajstić information content (AvgIpc) is 2.48. The zero-order valence-electron chi connectivity index (χ0n) is 12.1. The van der Waals surface area contributed by atoms with E-state index in [2.05, 4.69) is 47.2 Å². The lowest BCUT2D eigenvalue weighted by Crippen LogP contribution is -2.07. The van der Waals surface area contributed by atoms with Gasteiger partial charge in [0.05, 0.1) is 0 Å².